The third kappa shape index (κ3) is 6.69. The van der Waals surface area contributed by atoms with Gasteiger partial charge in [0.1, 0.15) is 11.2 Å². The van der Waals surface area contributed by atoms with Crippen LogP contribution in [-0.2, 0) is 5.75 Å². The van der Waals surface area contributed by atoms with Crippen LogP contribution in [-0.4, -0.2) is 0 Å². The van der Waals surface area contributed by atoms with Crippen LogP contribution in [0.1, 0.15) is 5.56 Å². The molecule has 3 nitrogen and oxygen atoms in total. The molecule has 4 heteroatoms. The predicted octanol–water partition coefficient (Wildman–Crippen LogP) is 13.9. The van der Waals surface area contributed by atoms with E-state index in [1.54, 1.807) is 11.8 Å². The Bertz CT molecular complexity index is 2600. The Morgan fingerprint density at radius 1 is 0.415 bits per heavy atom. The van der Waals surface area contributed by atoms with Crippen molar-refractivity contribution in [3.05, 3.63) is 200 Å². The van der Waals surface area contributed by atoms with E-state index in [0.29, 0.717) is 0 Å². The lowest BCUT2D eigenvalue weighted by Crippen LogP contribution is -2.10. The van der Waals surface area contributed by atoms with Crippen molar-refractivity contribution in [2.75, 3.05) is 10.6 Å². The molecule has 0 saturated heterocycles. The maximum atomic E-state index is 6.59. The van der Waals surface area contributed by atoms with Gasteiger partial charge >= 0.3 is 0 Å². The molecular weight excluding hydrogens is 665 g/mol. The summed E-state index contributed by atoms with van der Waals surface area (Å²) in [7, 11) is 0. The van der Waals surface area contributed by atoms with Gasteiger partial charge in [-0.2, -0.15) is 0 Å². The minimum absolute atomic E-state index is 0.726. The lowest BCUT2D eigenvalue weighted by Gasteiger charge is -2.27. The minimum Gasteiger partial charge on any atom is -0.456 e. The van der Waals surface area contributed by atoms with Gasteiger partial charge < -0.3 is 15.1 Å². The molecule has 0 aliphatic heterocycles. The Morgan fingerprint density at radius 3 is 1.53 bits per heavy atom. The van der Waals surface area contributed by atoms with E-state index in [2.05, 4.69) is 187 Å². The number of thioether (sulfide) groups is 1. The number of benzene rings is 8. The van der Waals surface area contributed by atoms with E-state index in [4.69, 9.17) is 10.2 Å². The molecule has 9 aromatic rings. The highest BCUT2D eigenvalue weighted by atomic mass is 32.2. The Labute approximate surface area is 314 Å². The molecule has 254 valence electrons. The fourth-order valence-electron chi connectivity index (χ4n) is 7.02. The van der Waals surface area contributed by atoms with Crippen LogP contribution >= 0.6 is 11.8 Å². The summed E-state index contributed by atoms with van der Waals surface area (Å²) in [6.45, 7) is 0. The molecule has 0 spiro atoms. The van der Waals surface area contributed by atoms with Crippen molar-refractivity contribution in [2.45, 2.75) is 10.6 Å². The number of furan rings is 1. The largest absolute Gasteiger partial charge is 0.456 e. The second kappa shape index (κ2) is 14.3. The molecule has 0 unspecified atom stereocenters. The fraction of sp³-hybridized carbons (Fsp3) is 0.0204. The van der Waals surface area contributed by atoms with Gasteiger partial charge in [0, 0.05) is 56.3 Å². The van der Waals surface area contributed by atoms with E-state index >= 15 is 0 Å². The number of hydrogen-bond donors (Lipinski definition) is 1. The summed E-state index contributed by atoms with van der Waals surface area (Å²) in [5.41, 5.74) is 20.3. The number of anilines is 4. The van der Waals surface area contributed by atoms with Crippen molar-refractivity contribution in [2.24, 2.45) is 0 Å². The van der Waals surface area contributed by atoms with E-state index in [0.717, 1.165) is 77.6 Å². The third-order valence-corrected chi connectivity index (χ3v) is 10.8. The molecule has 0 aliphatic rings. The number of nitrogen functional groups attached to an aromatic ring is 1. The van der Waals surface area contributed by atoms with Gasteiger partial charge in [0.05, 0.1) is 0 Å². The molecule has 1 aromatic heterocycles. The smallest absolute Gasteiger partial charge is 0.137 e. The van der Waals surface area contributed by atoms with Gasteiger partial charge in [-0.1, -0.05) is 133 Å². The number of nitrogens with two attached hydrogens (primary N) is 1. The predicted molar refractivity (Wildman–Crippen MR) is 225 cm³/mol. The quantitative estimate of drug-likeness (QED) is 0.120. The Morgan fingerprint density at radius 2 is 0.925 bits per heavy atom. The SMILES string of the molecule is Nc1cc2oc3cc(N(c4ccc(-c5ccccc5)cc4)c4cc(-c5ccccc5)cc(-c5ccccc5)c4)ccc3c2cc1SCc1ccccc1. The zero-order valence-electron chi connectivity index (χ0n) is 29.0. The first-order chi connectivity index (χ1) is 26.2. The van der Waals surface area contributed by atoms with Crippen LogP contribution in [0.2, 0.25) is 0 Å². The van der Waals surface area contributed by atoms with Gasteiger partial charge in [-0.05, 0) is 87.5 Å². The first-order valence-electron chi connectivity index (χ1n) is 17.8. The van der Waals surface area contributed by atoms with Crippen molar-refractivity contribution in [1.82, 2.24) is 0 Å². The van der Waals surface area contributed by atoms with E-state index in [1.807, 2.05) is 12.1 Å². The van der Waals surface area contributed by atoms with Gasteiger partial charge in [-0.15, -0.1) is 11.8 Å². The molecule has 0 bridgehead atoms. The first-order valence-corrected chi connectivity index (χ1v) is 18.8. The summed E-state index contributed by atoms with van der Waals surface area (Å²) in [6, 6.07) is 68.6. The molecule has 1 heterocycles. The average molecular weight is 701 g/mol. The van der Waals surface area contributed by atoms with Crippen LogP contribution in [0.25, 0.3) is 55.3 Å². The molecule has 8 aromatic carbocycles. The standard InChI is InChI=1S/C49H36N2OS/c50-46-32-48-45(31-49(46)53-33-34-13-5-1-6-14-34)44-26-25-42(30-47(44)52-48)51(41-23-21-38(22-24-41)35-15-7-2-8-16-35)43-28-39(36-17-9-3-10-18-36)27-40(29-43)37-19-11-4-12-20-37/h1-32H,33,50H2. The van der Waals surface area contributed by atoms with Gasteiger partial charge in [0.15, 0.2) is 0 Å². The summed E-state index contributed by atoms with van der Waals surface area (Å²) in [5.74, 6) is 0.849. The van der Waals surface area contributed by atoms with Crippen LogP contribution in [0.4, 0.5) is 22.7 Å². The topological polar surface area (TPSA) is 42.4 Å². The van der Waals surface area contributed by atoms with Gasteiger partial charge in [-0.3, -0.25) is 0 Å². The van der Waals surface area contributed by atoms with Crippen molar-refractivity contribution in [1.29, 1.82) is 0 Å². The molecule has 0 fully saturated rings. The normalized spacial score (nSPS) is 11.2. The Hall–Kier alpha value is -6.49. The summed E-state index contributed by atoms with van der Waals surface area (Å²) in [5, 5.41) is 2.13. The lowest BCUT2D eigenvalue weighted by atomic mass is 9.97. The van der Waals surface area contributed by atoms with Crippen LogP contribution in [0.15, 0.2) is 203 Å². The van der Waals surface area contributed by atoms with Crippen LogP contribution in [0.5, 0.6) is 0 Å². The van der Waals surface area contributed by atoms with Crippen LogP contribution in [0, 0.1) is 0 Å². The van der Waals surface area contributed by atoms with Crippen LogP contribution < -0.4 is 10.6 Å². The first kappa shape index (κ1) is 32.4. The monoisotopic (exact) mass is 700 g/mol. The highest BCUT2D eigenvalue weighted by Gasteiger charge is 2.19. The van der Waals surface area contributed by atoms with Gasteiger partial charge in [0.2, 0.25) is 0 Å². The fourth-order valence-corrected chi connectivity index (χ4v) is 7.96. The van der Waals surface area contributed by atoms with Crippen molar-refractivity contribution < 1.29 is 4.42 Å². The molecule has 53 heavy (non-hydrogen) atoms. The van der Waals surface area contributed by atoms with Gasteiger partial charge in [0.25, 0.3) is 0 Å². The van der Waals surface area contributed by atoms with Crippen molar-refractivity contribution in [3.8, 4) is 33.4 Å². The van der Waals surface area contributed by atoms with Crippen molar-refractivity contribution in [3.63, 3.8) is 0 Å². The highest BCUT2D eigenvalue weighted by molar-refractivity contribution is 7.98. The molecule has 0 radical (unpaired) electrons. The highest BCUT2D eigenvalue weighted by Crippen LogP contribution is 2.43. The summed E-state index contributed by atoms with van der Waals surface area (Å²) >= 11 is 1.75. The Balaban J connectivity index is 1.18. The average Bonchev–Trinajstić information content (AvgIpc) is 3.58. The van der Waals surface area contributed by atoms with Gasteiger partial charge in [-0.25, -0.2) is 0 Å². The summed E-state index contributed by atoms with van der Waals surface area (Å²) in [4.78, 5) is 3.38. The maximum absolute atomic E-state index is 6.59. The Kier molecular flexibility index (Phi) is 8.72. The second-order valence-corrected chi connectivity index (χ2v) is 14.2. The molecule has 0 aliphatic carbocycles. The summed E-state index contributed by atoms with van der Waals surface area (Å²) in [6.07, 6.45) is 0. The molecular formula is C49H36N2OS. The number of rotatable bonds is 9. The second-order valence-electron chi connectivity index (χ2n) is 13.2. The maximum Gasteiger partial charge on any atom is 0.137 e. The van der Waals surface area contributed by atoms with Crippen molar-refractivity contribution >= 4 is 56.4 Å². The molecule has 0 saturated carbocycles. The zero-order valence-corrected chi connectivity index (χ0v) is 29.8. The number of fused-ring (bicyclic) bond motifs is 3. The van der Waals surface area contributed by atoms with E-state index in [1.165, 1.54) is 16.7 Å². The molecule has 9 rings (SSSR count). The van der Waals surface area contributed by atoms with E-state index in [-0.39, 0.29) is 0 Å². The summed E-state index contributed by atoms with van der Waals surface area (Å²) < 4.78 is 6.56. The number of hydrogen-bond acceptors (Lipinski definition) is 4. The van der Waals surface area contributed by atoms with E-state index in [9.17, 15) is 0 Å². The molecule has 0 amide bonds. The lowest BCUT2D eigenvalue weighted by molar-refractivity contribution is 0.669. The third-order valence-electron chi connectivity index (χ3n) is 9.71. The molecule has 2 N–H and O–H groups in total. The molecule has 0 atom stereocenters. The minimum atomic E-state index is 0.726. The van der Waals surface area contributed by atoms with Crippen LogP contribution in [0.3, 0.4) is 0 Å². The van der Waals surface area contributed by atoms with E-state index < -0.39 is 0 Å². The number of nitrogens with zero attached hydrogens (tertiary/aromatic N) is 1. The zero-order chi connectivity index (χ0) is 35.6.